The van der Waals surface area contributed by atoms with Gasteiger partial charge in [0.25, 0.3) is 0 Å². The van der Waals surface area contributed by atoms with E-state index in [2.05, 4.69) is 24.0 Å². The molecule has 1 N–H and O–H groups in total. The lowest BCUT2D eigenvalue weighted by molar-refractivity contribution is -0.138. The molecule has 0 aromatic heterocycles. The van der Waals surface area contributed by atoms with Crippen molar-refractivity contribution in [1.29, 1.82) is 0 Å². The lowest BCUT2D eigenvalue weighted by Crippen LogP contribution is -2.51. The van der Waals surface area contributed by atoms with Crippen LogP contribution in [-0.4, -0.2) is 79.1 Å². The maximum Gasteiger partial charge on any atom is 0.244 e. The fraction of sp³-hybridized carbons (Fsp3) is 0.611. The van der Waals surface area contributed by atoms with Crippen LogP contribution in [0.4, 0.5) is 0 Å². The number of aryl methyl sites for hydroxylation is 1. The van der Waals surface area contributed by atoms with Gasteiger partial charge in [-0.2, -0.15) is 0 Å². The summed E-state index contributed by atoms with van der Waals surface area (Å²) in [6, 6.07) is 7.90. The summed E-state index contributed by atoms with van der Waals surface area (Å²) >= 11 is 0. The van der Waals surface area contributed by atoms with E-state index in [1.54, 1.807) is 0 Å². The lowest BCUT2D eigenvalue weighted by Gasteiger charge is -2.38. The zero-order chi connectivity index (χ0) is 16.8. The van der Waals surface area contributed by atoms with Gasteiger partial charge in [0.15, 0.2) is 0 Å². The van der Waals surface area contributed by atoms with Gasteiger partial charge in [0.1, 0.15) is 6.04 Å². The number of likely N-dealkylation sites (N-methyl/N-ethyl adjacent to an activating group) is 1. The minimum atomic E-state index is -0.222. The van der Waals surface area contributed by atoms with Crippen molar-refractivity contribution < 1.29 is 9.90 Å². The molecule has 1 atom stereocenters. The zero-order valence-corrected chi connectivity index (χ0v) is 14.5. The third-order valence-corrected chi connectivity index (χ3v) is 4.55. The molecule has 5 nitrogen and oxygen atoms in total. The Labute approximate surface area is 139 Å². The number of piperazine rings is 1. The van der Waals surface area contributed by atoms with Crippen LogP contribution in [0.15, 0.2) is 24.3 Å². The van der Waals surface area contributed by atoms with Crippen molar-refractivity contribution in [1.82, 2.24) is 14.7 Å². The topological polar surface area (TPSA) is 47.0 Å². The van der Waals surface area contributed by atoms with Crippen LogP contribution in [0, 0.1) is 6.92 Å². The fourth-order valence-corrected chi connectivity index (χ4v) is 3.18. The smallest absolute Gasteiger partial charge is 0.244 e. The van der Waals surface area contributed by atoms with Gasteiger partial charge in [0, 0.05) is 39.3 Å². The zero-order valence-electron chi connectivity index (χ0n) is 14.5. The first-order valence-electron chi connectivity index (χ1n) is 8.38. The van der Waals surface area contributed by atoms with E-state index < -0.39 is 0 Å². The van der Waals surface area contributed by atoms with Gasteiger partial charge in [0.2, 0.25) is 5.91 Å². The van der Waals surface area contributed by atoms with Crippen LogP contribution < -0.4 is 0 Å². The maximum absolute atomic E-state index is 13.0. The number of hydrogen-bond acceptors (Lipinski definition) is 4. The second kappa shape index (κ2) is 8.43. The van der Waals surface area contributed by atoms with Gasteiger partial charge in [-0.15, -0.1) is 0 Å². The molecular formula is C18H29N3O2. The van der Waals surface area contributed by atoms with Crippen molar-refractivity contribution in [2.45, 2.75) is 19.4 Å². The van der Waals surface area contributed by atoms with Crippen molar-refractivity contribution in [3.05, 3.63) is 35.4 Å². The largest absolute Gasteiger partial charge is 0.396 e. The molecule has 1 aromatic rings. The van der Waals surface area contributed by atoms with Gasteiger partial charge >= 0.3 is 0 Å². The molecule has 0 spiro atoms. The van der Waals surface area contributed by atoms with Crippen molar-refractivity contribution in [3.8, 4) is 0 Å². The summed E-state index contributed by atoms with van der Waals surface area (Å²) in [4.78, 5) is 19.3. The predicted octanol–water partition coefficient (Wildman–Crippen LogP) is 1.12. The molecule has 23 heavy (non-hydrogen) atoms. The van der Waals surface area contributed by atoms with Crippen LogP contribution in [0.1, 0.15) is 23.6 Å². The molecule has 0 bridgehead atoms. The van der Waals surface area contributed by atoms with Crippen LogP contribution in [0.5, 0.6) is 0 Å². The summed E-state index contributed by atoms with van der Waals surface area (Å²) in [7, 11) is 3.93. The van der Waals surface area contributed by atoms with Crippen molar-refractivity contribution in [2.24, 2.45) is 0 Å². The molecule has 1 amide bonds. The van der Waals surface area contributed by atoms with Gasteiger partial charge in [0.05, 0.1) is 0 Å². The van der Waals surface area contributed by atoms with Crippen LogP contribution in [0.25, 0.3) is 0 Å². The van der Waals surface area contributed by atoms with Gasteiger partial charge in [-0.3, -0.25) is 14.6 Å². The van der Waals surface area contributed by atoms with E-state index in [9.17, 15) is 4.79 Å². The minimum absolute atomic E-state index is 0.186. The van der Waals surface area contributed by atoms with Crippen LogP contribution >= 0.6 is 0 Å². The highest BCUT2D eigenvalue weighted by Gasteiger charge is 2.30. The first-order chi connectivity index (χ1) is 11.0. The van der Waals surface area contributed by atoms with E-state index in [1.807, 2.05) is 36.0 Å². The third-order valence-electron chi connectivity index (χ3n) is 4.55. The van der Waals surface area contributed by atoms with Crippen molar-refractivity contribution in [2.75, 3.05) is 53.4 Å². The molecule has 5 heteroatoms. The Morgan fingerprint density at radius 2 is 1.87 bits per heavy atom. The molecule has 0 radical (unpaired) electrons. The number of aliphatic hydroxyl groups excluding tert-OH is 1. The molecule has 0 saturated carbocycles. The standard InChI is InChI=1S/C18H29N3O2/c1-15-7-4-5-8-16(15)17(19(2)3)18(23)21-12-10-20(11-13-21)9-6-14-22/h4-5,7-8,17,22H,6,9-14H2,1-3H3/t17-/m1/s1. The second-order valence-corrected chi connectivity index (χ2v) is 6.47. The molecule has 1 saturated heterocycles. The number of aliphatic hydroxyl groups is 1. The number of carbonyl (C=O) groups excluding carboxylic acids is 1. The minimum Gasteiger partial charge on any atom is -0.396 e. The van der Waals surface area contributed by atoms with E-state index in [-0.39, 0.29) is 18.6 Å². The maximum atomic E-state index is 13.0. The average Bonchev–Trinajstić information content (AvgIpc) is 2.55. The first kappa shape index (κ1) is 17.9. The van der Waals surface area contributed by atoms with E-state index in [0.29, 0.717) is 0 Å². The highest BCUT2D eigenvalue weighted by Crippen LogP contribution is 2.24. The molecule has 1 aliphatic rings. The number of hydrogen-bond donors (Lipinski definition) is 1. The van der Waals surface area contributed by atoms with Gasteiger partial charge in [-0.1, -0.05) is 24.3 Å². The SMILES string of the molecule is Cc1ccccc1[C@H](C(=O)N1CCN(CCCO)CC1)N(C)C. The van der Waals surface area contributed by atoms with E-state index in [4.69, 9.17) is 5.11 Å². The third kappa shape index (κ3) is 4.53. The Hall–Kier alpha value is -1.43. The summed E-state index contributed by atoms with van der Waals surface area (Å²) in [5, 5.41) is 8.93. The van der Waals surface area contributed by atoms with Gasteiger partial charge in [-0.25, -0.2) is 0 Å². The number of rotatable bonds is 6. The summed E-state index contributed by atoms with van der Waals surface area (Å²) in [5.74, 6) is 0.186. The number of carbonyl (C=O) groups is 1. The number of benzene rings is 1. The summed E-state index contributed by atoms with van der Waals surface area (Å²) in [6.45, 7) is 6.51. The highest BCUT2D eigenvalue weighted by atomic mass is 16.3. The molecule has 2 rings (SSSR count). The van der Waals surface area contributed by atoms with E-state index in [0.717, 1.165) is 50.3 Å². The van der Waals surface area contributed by atoms with E-state index >= 15 is 0 Å². The summed E-state index contributed by atoms with van der Waals surface area (Å²) in [6.07, 6.45) is 0.803. The molecule has 0 unspecified atom stereocenters. The predicted molar refractivity (Wildman–Crippen MR) is 92.3 cm³/mol. The molecule has 1 heterocycles. The lowest BCUT2D eigenvalue weighted by atomic mass is 9.99. The number of nitrogens with zero attached hydrogens (tertiary/aromatic N) is 3. The Kier molecular flexibility index (Phi) is 6.57. The molecule has 128 valence electrons. The molecule has 1 aromatic carbocycles. The normalized spacial score (nSPS) is 17.5. The Bertz CT molecular complexity index is 511. The monoisotopic (exact) mass is 319 g/mol. The molecule has 1 aliphatic heterocycles. The van der Waals surface area contributed by atoms with Gasteiger partial charge in [-0.05, 0) is 38.6 Å². The van der Waals surface area contributed by atoms with Crippen LogP contribution in [0.2, 0.25) is 0 Å². The Balaban J connectivity index is 2.04. The van der Waals surface area contributed by atoms with Crippen molar-refractivity contribution in [3.63, 3.8) is 0 Å². The summed E-state index contributed by atoms with van der Waals surface area (Å²) in [5.41, 5.74) is 2.24. The highest BCUT2D eigenvalue weighted by molar-refractivity contribution is 5.83. The molecule has 0 aliphatic carbocycles. The van der Waals surface area contributed by atoms with Crippen LogP contribution in [0.3, 0.4) is 0 Å². The summed E-state index contributed by atoms with van der Waals surface area (Å²) < 4.78 is 0. The fourth-order valence-electron chi connectivity index (χ4n) is 3.18. The molecule has 1 fully saturated rings. The van der Waals surface area contributed by atoms with E-state index in [1.165, 1.54) is 0 Å². The van der Waals surface area contributed by atoms with Crippen LogP contribution in [-0.2, 0) is 4.79 Å². The second-order valence-electron chi connectivity index (χ2n) is 6.47. The number of amides is 1. The Morgan fingerprint density at radius 3 is 2.43 bits per heavy atom. The average molecular weight is 319 g/mol. The first-order valence-corrected chi connectivity index (χ1v) is 8.38. The van der Waals surface area contributed by atoms with Crippen molar-refractivity contribution >= 4 is 5.91 Å². The Morgan fingerprint density at radius 1 is 1.22 bits per heavy atom. The molecular weight excluding hydrogens is 290 g/mol. The quantitative estimate of drug-likeness (QED) is 0.854. The van der Waals surface area contributed by atoms with Gasteiger partial charge < -0.3 is 10.0 Å².